The first kappa shape index (κ1) is 19.8. The molecule has 0 unspecified atom stereocenters. The molecule has 4 aliphatic rings. The number of sulfonamides is 1. The second-order valence-electron chi connectivity index (χ2n) is 9.91. The number of primary sulfonamides is 1. The number of amides is 1. The van der Waals surface area contributed by atoms with Crippen molar-refractivity contribution in [3.05, 3.63) is 59.7 Å². The number of rotatable bonds is 4. The molecule has 30 heavy (non-hydrogen) atoms. The van der Waals surface area contributed by atoms with Crippen molar-refractivity contribution in [2.24, 2.45) is 22.4 Å². The predicted octanol–water partition coefficient (Wildman–Crippen LogP) is 4.12. The summed E-state index contributed by atoms with van der Waals surface area (Å²) < 4.78 is 23.0. The maximum Gasteiger partial charge on any atom is 0.238 e. The summed E-state index contributed by atoms with van der Waals surface area (Å²) in [6.45, 7) is 2.11. The molecule has 158 valence electrons. The Morgan fingerprint density at radius 2 is 1.57 bits per heavy atom. The molecule has 3 N–H and O–H groups in total. The number of anilines is 1. The number of nitrogens with two attached hydrogens (primary N) is 1. The highest BCUT2D eigenvalue weighted by atomic mass is 32.2. The summed E-state index contributed by atoms with van der Waals surface area (Å²) in [6, 6.07) is 15.0. The van der Waals surface area contributed by atoms with Crippen molar-refractivity contribution in [1.82, 2.24) is 0 Å². The third-order valence-electron chi connectivity index (χ3n) is 7.65. The summed E-state index contributed by atoms with van der Waals surface area (Å²) in [7, 11) is -3.74. The Hall–Kier alpha value is -2.18. The van der Waals surface area contributed by atoms with Gasteiger partial charge < -0.3 is 5.32 Å². The quantitative estimate of drug-likeness (QED) is 0.774. The SMILES string of the molecule is Cc1ccc(C23C[C@@H]4C[C@H](CC(C(=O)Nc5ccc(S(N)(=O)=O)cc5)(C4)C2)C3)cc1. The molecule has 0 radical (unpaired) electrons. The van der Waals surface area contributed by atoms with Gasteiger partial charge in [-0.3, -0.25) is 4.79 Å². The molecule has 0 spiro atoms. The molecule has 2 aromatic rings. The highest BCUT2D eigenvalue weighted by molar-refractivity contribution is 7.89. The van der Waals surface area contributed by atoms with E-state index in [9.17, 15) is 13.2 Å². The van der Waals surface area contributed by atoms with Gasteiger partial charge in [-0.1, -0.05) is 29.8 Å². The zero-order valence-electron chi connectivity index (χ0n) is 17.2. The van der Waals surface area contributed by atoms with Crippen molar-refractivity contribution in [1.29, 1.82) is 0 Å². The van der Waals surface area contributed by atoms with Gasteiger partial charge in [0.25, 0.3) is 0 Å². The fourth-order valence-electron chi connectivity index (χ4n) is 6.76. The predicted molar refractivity (Wildman–Crippen MR) is 116 cm³/mol. The van der Waals surface area contributed by atoms with Crippen LogP contribution in [-0.4, -0.2) is 14.3 Å². The number of nitrogens with one attached hydrogen (secondary N) is 1. The average Bonchev–Trinajstić information content (AvgIpc) is 2.67. The van der Waals surface area contributed by atoms with E-state index >= 15 is 0 Å². The van der Waals surface area contributed by atoms with Crippen LogP contribution >= 0.6 is 0 Å². The van der Waals surface area contributed by atoms with Gasteiger partial charge in [0.2, 0.25) is 15.9 Å². The second-order valence-corrected chi connectivity index (χ2v) is 11.5. The monoisotopic (exact) mass is 424 g/mol. The van der Waals surface area contributed by atoms with Gasteiger partial charge in [0, 0.05) is 5.69 Å². The van der Waals surface area contributed by atoms with Crippen LogP contribution in [0.25, 0.3) is 0 Å². The van der Waals surface area contributed by atoms with Gasteiger partial charge >= 0.3 is 0 Å². The van der Waals surface area contributed by atoms with Crippen molar-refractivity contribution >= 4 is 21.6 Å². The standard InChI is InChI=1S/C24H28N2O3S/c1-16-2-4-19(5-3-16)23-11-17-10-18(12-23)14-24(13-17,15-23)22(27)26-20-6-8-21(9-7-20)30(25,28)29/h2-9,17-18H,10-15H2,1H3,(H,26,27)(H2,25,28,29)/t17-,18-,23?,24?/m0/s1. The molecule has 4 bridgehead atoms. The Kier molecular flexibility index (Phi) is 4.39. The van der Waals surface area contributed by atoms with Crippen LogP contribution in [0.3, 0.4) is 0 Å². The highest BCUT2D eigenvalue weighted by Gasteiger charge is 2.60. The highest BCUT2D eigenvalue weighted by Crippen LogP contribution is 2.66. The van der Waals surface area contributed by atoms with E-state index in [1.165, 1.54) is 42.5 Å². The van der Waals surface area contributed by atoms with Crippen LogP contribution in [-0.2, 0) is 20.2 Å². The molecular weight excluding hydrogens is 396 g/mol. The van der Waals surface area contributed by atoms with Crippen molar-refractivity contribution in [3.8, 4) is 0 Å². The smallest absolute Gasteiger partial charge is 0.238 e. The van der Waals surface area contributed by atoms with E-state index in [0.717, 1.165) is 19.3 Å². The van der Waals surface area contributed by atoms with Crippen LogP contribution in [0.4, 0.5) is 5.69 Å². The Bertz CT molecular complexity index is 1080. The van der Waals surface area contributed by atoms with Gasteiger partial charge in [-0.15, -0.1) is 0 Å². The average molecular weight is 425 g/mol. The largest absolute Gasteiger partial charge is 0.326 e. The van der Waals surface area contributed by atoms with E-state index in [0.29, 0.717) is 17.5 Å². The fourth-order valence-corrected chi connectivity index (χ4v) is 7.28. The Labute approximate surface area is 178 Å². The second kappa shape index (κ2) is 6.66. The first-order valence-corrected chi connectivity index (χ1v) is 12.2. The zero-order chi connectivity index (χ0) is 21.1. The third kappa shape index (κ3) is 3.26. The van der Waals surface area contributed by atoms with E-state index in [1.807, 2.05) is 0 Å². The van der Waals surface area contributed by atoms with Gasteiger partial charge in [-0.05, 0) is 92.5 Å². The number of carbonyl (C=O) groups excluding carboxylic acids is 1. The van der Waals surface area contributed by atoms with Crippen LogP contribution < -0.4 is 10.5 Å². The van der Waals surface area contributed by atoms with E-state index in [1.54, 1.807) is 12.1 Å². The van der Waals surface area contributed by atoms with Crippen LogP contribution in [0.1, 0.15) is 49.7 Å². The van der Waals surface area contributed by atoms with E-state index in [-0.39, 0.29) is 21.6 Å². The molecule has 4 fully saturated rings. The van der Waals surface area contributed by atoms with Gasteiger partial charge in [-0.2, -0.15) is 0 Å². The van der Waals surface area contributed by atoms with Crippen molar-refractivity contribution in [2.75, 3.05) is 5.32 Å². The topological polar surface area (TPSA) is 89.3 Å². The molecule has 4 aliphatic carbocycles. The summed E-state index contributed by atoms with van der Waals surface area (Å²) in [4.78, 5) is 13.6. The van der Waals surface area contributed by atoms with E-state index in [4.69, 9.17) is 5.14 Å². The molecule has 2 atom stereocenters. The lowest BCUT2D eigenvalue weighted by molar-refractivity contribution is -0.143. The number of benzene rings is 2. The molecule has 4 saturated carbocycles. The third-order valence-corrected chi connectivity index (χ3v) is 8.58. The molecule has 5 nitrogen and oxygen atoms in total. The Balaban J connectivity index is 1.42. The lowest BCUT2D eigenvalue weighted by atomic mass is 9.42. The number of carbonyl (C=O) groups is 1. The minimum absolute atomic E-state index is 0.0497. The summed E-state index contributed by atoms with van der Waals surface area (Å²) in [5.41, 5.74) is 3.03. The van der Waals surface area contributed by atoms with Gasteiger partial charge in [0.05, 0.1) is 10.3 Å². The molecule has 0 heterocycles. The Morgan fingerprint density at radius 3 is 2.13 bits per heavy atom. The molecular formula is C24H28N2O3S. The zero-order valence-corrected chi connectivity index (χ0v) is 18.0. The summed E-state index contributed by atoms with van der Waals surface area (Å²) in [5, 5.41) is 8.26. The van der Waals surface area contributed by atoms with Gasteiger partial charge in [0.15, 0.2) is 0 Å². The molecule has 6 rings (SSSR count). The fraction of sp³-hybridized carbons (Fsp3) is 0.458. The lowest BCUT2D eigenvalue weighted by Crippen LogP contribution is -2.57. The first-order chi connectivity index (χ1) is 14.2. The molecule has 2 aromatic carbocycles. The van der Waals surface area contributed by atoms with Crippen LogP contribution in [0.15, 0.2) is 53.4 Å². The van der Waals surface area contributed by atoms with Crippen molar-refractivity contribution < 1.29 is 13.2 Å². The summed E-state index contributed by atoms with van der Waals surface area (Å²) >= 11 is 0. The number of hydrogen-bond acceptors (Lipinski definition) is 3. The van der Waals surface area contributed by atoms with E-state index in [2.05, 4.69) is 36.5 Å². The minimum atomic E-state index is -3.74. The maximum absolute atomic E-state index is 13.5. The van der Waals surface area contributed by atoms with Crippen molar-refractivity contribution in [2.45, 2.75) is 55.8 Å². The van der Waals surface area contributed by atoms with Crippen molar-refractivity contribution in [3.63, 3.8) is 0 Å². The molecule has 0 aliphatic heterocycles. The molecule has 6 heteroatoms. The van der Waals surface area contributed by atoms with Gasteiger partial charge in [-0.25, -0.2) is 13.6 Å². The van der Waals surface area contributed by atoms with Crippen LogP contribution in [0.2, 0.25) is 0 Å². The first-order valence-electron chi connectivity index (χ1n) is 10.7. The molecule has 0 aromatic heterocycles. The number of hydrogen-bond donors (Lipinski definition) is 2. The maximum atomic E-state index is 13.5. The Morgan fingerprint density at radius 1 is 0.967 bits per heavy atom. The molecule has 0 saturated heterocycles. The van der Waals surface area contributed by atoms with E-state index < -0.39 is 10.0 Å². The van der Waals surface area contributed by atoms with Gasteiger partial charge in [0.1, 0.15) is 0 Å². The van der Waals surface area contributed by atoms with Crippen LogP contribution in [0, 0.1) is 24.2 Å². The minimum Gasteiger partial charge on any atom is -0.326 e. The van der Waals surface area contributed by atoms with Crippen LogP contribution in [0.5, 0.6) is 0 Å². The lowest BCUT2D eigenvalue weighted by Gasteiger charge is -2.61. The summed E-state index contributed by atoms with van der Waals surface area (Å²) in [6.07, 6.45) is 6.43. The molecule has 1 amide bonds. The number of aryl methyl sites for hydroxylation is 1. The normalized spacial score (nSPS) is 32.2. The summed E-state index contributed by atoms with van der Waals surface area (Å²) in [5.74, 6) is 1.28.